The SMILES string of the molecule is CC(N)c1cc(F)ccc1Oc1ccccc1C(C)(C)C. The molecule has 2 rings (SSSR count). The highest BCUT2D eigenvalue weighted by Gasteiger charge is 2.20. The van der Waals surface area contributed by atoms with Crippen LogP contribution in [0.15, 0.2) is 42.5 Å². The molecule has 0 aliphatic rings. The summed E-state index contributed by atoms with van der Waals surface area (Å²) in [5, 5.41) is 0. The van der Waals surface area contributed by atoms with Gasteiger partial charge in [0.25, 0.3) is 0 Å². The van der Waals surface area contributed by atoms with Crippen molar-refractivity contribution in [3.63, 3.8) is 0 Å². The van der Waals surface area contributed by atoms with Gasteiger partial charge in [-0.15, -0.1) is 0 Å². The lowest BCUT2D eigenvalue weighted by Gasteiger charge is -2.23. The third kappa shape index (κ3) is 3.61. The van der Waals surface area contributed by atoms with Crippen molar-refractivity contribution in [1.29, 1.82) is 0 Å². The van der Waals surface area contributed by atoms with Crippen LogP contribution in [0, 0.1) is 5.82 Å². The van der Waals surface area contributed by atoms with Gasteiger partial charge in [0.2, 0.25) is 0 Å². The van der Waals surface area contributed by atoms with E-state index in [4.69, 9.17) is 10.5 Å². The molecule has 0 heterocycles. The van der Waals surface area contributed by atoms with E-state index in [1.54, 1.807) is 6.07 Å². The zero-order valence-corrected chi connectivity index (χ0v) is 13.0. The molecular formula is C18H22FNO. The molecule has 0 fully saturated rings. The average molecular weight is 287 g/mol. The summed E-state index contributed by atoms with van der Waals surface area (Å²) in [5.41, 5.74) is 7.64. The van der Waals surface area contributed by atoms with Crippen LogP contribution in [0.25, 0.3) is 0 Å². The molecule has 0 spiro atoms. The first-order chi connectivity index (χ1) is 9.79. The Morgan fingerprint density at radius 3 is 2.33 bits per heavy atom. The second kappa shape index (κ2) is 5.86. The summed E-state index contributed by atoms with van der Waals surface area (Å²) < 4.78 is 19.4. The van der Waals surface area contributed by atoms with Gasteiger partial charge in [-0.05, 0) is 36.6 Å². The standard InChI is InChI=1S/C18H22FNO/c1-12(20)14-11-13(19)9-10-16(14)21-17-8-6-5-7-15(17)18(2,3)4/h5-12H,20H2,1-4H3. The summed E-state index contributed by atoms with van der Waals surface area (Å²) in [7, 11) is 0. The molecule has 0 saturated carbocycles. The van der Waals surface area contributed by atoms with Crippen LogP contribution in [0.1, 0.15) is 44.9 Å². The van der Waals surface area contributed by atoms with Gasteiger partial charge in [-0.3, -0.25) is 0 Å². The van der Waals surface area contributed by atoms with Crippen LogP contribution < -0.4 is 10.5 Å². The van der Waals surface area contributed by atoms with Gasteiger partial charge in [0, 0.05) is 17.2 Å². The molecule has 2 nitrogen and oxygen atoms in total. The van der Waals surface area contributed by atoms with Crippen molar-refractivity contribution in [1.82, 2.24) is 0 Å². The van der Waals surface area contributed by atoms with Crippen LogP contribution in [0.4, 0.5) is 4.39 Å². The van der Waals surface area contributed by atoms with Crippen molar-refractivity contribution < 1.29 is 9.13 Å². The fourth-order valence-corrected chi connectivity index (χ4v) is 2.26. The summed E-state index contributed by atoms with van der Waals surface area (Å²) >= 11 is 0. The van der Waals surface area contributed by atoms with E-state index in [1.807, 2.05) is 31.2 Å². The van der Waals surface area contributed by atoms with Gasteiger partial charge in [-0.1, -0.05) is 39.0 Å². The van der Waals surface area contributed by atoms with Gasteiger partial charge >= 0.3 is 0 Å². The fourth-order valence-electron chi connectivity index (χ4n) is 2.26. The predicted molar refractivity (Wildman–Crippen MR) is 84.2 cm³/mol. The molecule has 0 saturated heterocycles. The van der Waals surface area contributed by atoms with Crippen LogP contribution in [0.5, 0.6) is 11.5 Å². The van der Waals surface area contributed by atoms with E-state index in [2.05, 4.69) is 20.8 Å². The number of hydrogen-bond donors (Lipinski definition) is 1. The minimum atomic E-state index is -0.307. The second-order valence-electron chi connectivity index (χ2n) is 6.32. The maximum atomic E-state index is 13.4. The Morgan fingerprint density at radius 2 is 1.71 bits per heavy atom. The van der Waals surface area contributed by atoms with Crippen molar-refractivity contribution in [3.8, 4) is 11.5 Å². The van der Waals surface area contributed by atoms with E-state index in [9.17, 15) is 4.39 Å². The van der Waals surface area contributed by atoms with Crippen molar-refractivity contribution in [2.24, 2.45) is 5.73 Å². The first kappa shape index (κ1) is 15.5. The molecule has 0 bridgehead atoms. The van der Waals surface area contributed by atoms with E-state index in [1.165, 1.54) is 12.1 Å². The molecule has 0 amide bonds. The fraction of sp³-hybridized carbons (Fsp3) is 0.333. The zero-order valence-electron chi connectivity index (χ0n) is 13.0. The third-order valence-corrected chi connectivity index (χ3v) is 3.38. The minimum Gasteiger partial charge on any atom is -0.457 e. The summed E-state index contributed by atoms with van der Waals surface area (Å²) in [6.45, 7) is 8.21. The molecule has 1 unspecified atom stereocenters. The lowest BCUT2D eigenvalue weighted by molar-refractivity contribution is 0.445. The highest BCUT2D eigenvalue weighted by atomic mass is 19.1. The number of benzene rings is 2. The van der Waals surface area contributed by atoms with Crippen LogP contribution >= 0.6 is 0 Å². The van der Waals surface area contributed by atoms with Crippen molar-refractivity contribution in [3.05, 3.63) is 59.4 Å². The molecule has 0 aromatic heterocycles. The first-order valence-electron chi connectivity index (χ1n) is 7.11. The van der Waals surface area contributed by atoms with Crippen molar-refractivity contribution >= 4 is 0 Å². The van der Waals surface area contributed by atoms with Gasteiger partial charge in [0.05, 0.1) is 0 Å². The average Bonchev–Trinajstić information content (AvgIpc) is 2.40. The third-order valence-electron chi connectivity index (χ3n) is 3.38. The Balaban J connectivity index is 2.44. The molecular weight excluding hydrogens is 265 g/mol. The van der Waals surface area contributed by atoms with Gasteiger partial charge in [-0.25, -0.2) is 4.39 Å². The number of rotatable bonds is 3. The van der Waals surface area contributed by atoms with Crippen LogP contribution in [0.3, 0.4) is 0 Å². The highest BCUT2D eigenvalue weighted by Crippen LogP contribution is 2.36. The quantitative estimate of drug-likeness (QED) is 0.868. The number of halogens is 1. The van der Waals surface area contributed by atoms with Crippen LogP contribution in [0.2, 0.25) is 0 Å². The molecule has 0 aliphatic heterocycles. The highest BCUT2D eigenvalue weighted by molar-refractivity contribution is 5.44. The van der Waals surface area contributed by atoms with E-state index in [0.29, 0.717) is 11.3 Å². The normalized spacial score (nSPS) is 13.0. The molecule has 21 heavy (non-hydrogen) atoms. The van der Waals surface area contributed by atoms with E-state index < -0.39 is 0 Å². The molecule has 0 aliphatic carbocycles. The maximum Gasteiger partial charge on any atom is 0.132 e. The van der Waals surface area contributed by atoms with Crippen LogP contribution in [-0.2, 0) is 5.41 Å². The first-order valence-corrected chi connectivity index (χ1v) is 7.11. The lowest BCUT2D eigenvalue weighted by Crippen LogP contribution is -2.13. The van der Waals surface area contributed by atoms with Crippen molar-refractivity contribution in [2.75, 3.05) is 0 Å². The Morgan fingerprint density at radius 1 is 1.05 bits per heavy atom. The van der Waals surface area contributed by atoms with E-state index in [-0.39, 0.29) is 17.3 Å². The maximum absolute atomic E-state index is 13.4. The van der Waals surface area contributed by atoms with Crippen molar-refractivity contribution in [2.45, 2.75) is 39.2 Å². The molecule has 112 valence electrons. The topological polar surface area (TPSA) is 35.2 Å². The number of para-hydroxylation sites is 1. The molecule has 3 heteroatoms. The summed E-state index contributed by atoms with van der Waals surface area (Å²) in [6.07, 6.45) is 0. The van der Waals surface area contributed by atoms with Crippen LogP contribution in [-0.4, -0.2) is 0 Å². The Hall–Kier alpha value is -1.87. The lowest BCUT2D eigenvalue weighted by atomic mass is 9.86. The largest absolute Gasteiger partial charge is 0.457 e. The Bertz CT molecular complexity index is 629. The van der Waals surface area contributed by atoms with Gasteiger partial charge in [0.1, 0.15) is 17.3 Å². The Labute approximate surface area is 125 Å². The Kier molecular flexibility index (Phi) is 4.33. The van der Waals surface area contributed by atoms with E-state index in [0.717, 1.165) is 11.3 Å². The molecule has 2 N–H and O–H groups in total. The molecule has 2 aromatic rings. The summed E-state index contributed by atoms with van der Waals surface area (Å²) in [6, 6.07) is 12.1. The monoisotopic (exact) mass is 287 g/mol. The molecule has 2 aromatic carbocycles. The molecule has 1 atom stereocenters. The minimum absolute atomic E-state index is 0.0366. The van der Waals surface area contributed by atoms with E-state index >= 15 is 0 Å². The second-order valence-corrected chi connectivity index (χ2v) is 6.32. The summed E-state index contributed by atoms with van der Waals surface area (Å²) in [4.78, 5) is 0. The zero-order chi connectivity index (χ0) is 15.6. The van der Waals surface area contributed by atoms with Gasteiger partial charge in [-0.2, -0.15) is 0 Å². The summed E-state index contributed by atoms with van der Waals surface area (Å²) in [5.74, 6) is 1.07. The molecule has 0 radical (unpaired) electrons. The van der Waals surface area contributed by atoms with Gasteiger partial charge in [0.15, 0.2) is 0 Å². The smallest absolute Gasteiger partial charge is 0.132 e. The van der Waals surface area contributed by atoms with Gasteiger partial charge < -0.3 is 10.5 Å². The number of nitrogens with two attached hydrogens (primary N) is 1. The number of ether oxygens (including phenoxy) is 1. The number of hydrogen-bond acceptors (Lipinski definition) is 2. The predicted octanol–water partition coefficient (Wildman–Crippen LogP) is 4.94.